The molecule has 4 aliphatic heterocycles. The molecule has 0 saturated heterocycles. The van der Waals surface area contributed by atoms with Crippen molar-refractivity contribution in [3.8, 4) is 0 Å². The number of nitrogens with one attached hydrogen (secondary N) is 2. The third-order valence-electron chi connectivity index (χ3n) is 20.0. The van der Waals surface area contributed by atoms with Crippen LogP contribution in [0.25, 0.3) is 46.4 Å². The number of aromatic amines is 2. The molecule has 12 heteroatoms. The zero-order chi connectivity index (χ0) is 54.7. The predicted octanol–water partition coefficient (Wildman–Crippen LogP) is 14.8. The molecule has 0 amide bonds. The minimum atomic E-state index is -0.456. The van der Waals surface area contributed by atoms with E-state index in [1.54, 1.807) is 0 Å². The van der Waals surface area contributed by atoms with Gasteiger partial charge < -0.3 is 28.9 Å². The number of aromatic nitrogens is 4. The molecule has 0 spiro atoms. The highest BCUT2D eigenvalue weighted by Gasteiger charge is 2.68. The molecule has 8 atom stereocenters. The van der Waals surface area contributed by atoms with Gasteiger partial charge in [0.25, 0.3) is 0 Å². The van der Waals surface area contributed by atoms with E-state index in [1.165, 1.54) is 12.8 Å². The second-order valence-corrected chi connectivity index (χ2v) is 26.8. The van der Waals surface area contributed by atoms with Crippen LogP contribution in [0.2, 0.25) is 0 Å². The largest absolute Gasteiger partial charge is 0.465 e. The van der Waals surface area contributed by atoms with Crippen molar-refractivity contribution in [3.63, 3.8) is 0 Å². The highest BCUT2D eigenvalue weighted by Crippen LogP contribution is 2.70. The molecule has 3 aromatic heterocycles. The number of hydrogen-bond donors (Lipinski definition) is 2. The van der Waals surface area contributed by atoms with Gasteiger partial charge in [-0.3, -0.25) is 19.2 Å². The van der Waals surface area contributed by atoms with E-state index in [-0.39, 0.29) is 53.5 Å². The Morgan fingerprint density at radius 3 is 0.821 bits per heavy atom. The first-order valence-corrected chi connectivity index (χ1v) is 30.3. The van der Waals surface area contributed by atoms with Gasteiger partial charge in [0.2, 0.25) is 0 Å². The van der Waals surface area contributed by atoms with Gasteiger partial charge in [-0.15, -0.1) is 0 Å². The van der Waals surface area contributed by atoms with Crippen LogP contribution in [0.5, 0.6) is 0 Å². The van der Waals surface area contributed by atoms with Crippen molar-refractivity contribution >= 4 is 70.2 Å². The lowest BCUT2D eigenvalue weighted by molar-refractivity contribution is -0.147. The molecule has 2 N–H and O–H groups in total. The van der Waals surface area contributed by atoms with E-state index >= 15 is 0 Å². The van der Waals surface area contributed by atoms with Gasteiger partial charge in [0.1, 0.15) is 0 Å². The number of H-pyrrole nitrogens is 2. The average molecular weight is 1060 g/mol. The lowest BCUT2D eigenvalue weighted by Crippen LogP contribution is -2.12. The number of fused-ring (bicyclic) bond motifs is 16. The number of ether oxygens (including phenoxy) is 4. The third-order valence-corrected chi connectivity index (χ3v) is 20.0. The Hall–Kier alpha value is -5.52. The summed E-state index contributed by atoms with van der Waals surface area (Å²) in [6.45, 7) is 18.9. The predicted molar refractivity (Wildman–Crippen MR) is 306 cm³/mol. The Labute approximate surface area is 462 Å². The molecule has 8 unspecified atom stereocenters. The fourth-order valence-corrected chi connectivity index (χ4v) is 15.0. The second kappa shape index (κ2) is 21.5. The summed E-state index contributed by atoms with van der Waals surface area (Å²) in [6, 6.07) is 8.45. The van der Waals surface area contributed by atoms with Crippen molar-refractivity contribution in [1.29, 1.82) is 0 Å². The third kappa shape index (κ3) is 10.2. The van der Waals surface area contributed by atoms with Gasteiger partial charge in [-0.1, -0.05) is 145 Å². The van der Waals surface area contributed by atoms with Crippen molar-refractivity contribution < 1.29 is 38.1 Å². The molecule has 0 radical (unpaired) electrons. The number of hydrogen-bond acceptors (Lipinski definition) is 10. The molecule has 4 fully saturated rings. The molecule has 7 heterocycles. The maximum atomic E-state index is 14.3. The van der Waals surface area contributed by atoms with Crippen LogP contribution >= 0.6 is 0 Å². The van der Waals surface area contributed by atoms with Crippen LogP contribution in [0.1, 0.15) is 240 Å². The molecule has 12 bridgehead atoms. The van der Waals surface area contributed by atoms with E-state index in [0.717, 1.165) is 170 Å². The molecule has 11 rings (SSSR count). The Morgan fingerprint density at radius 1 is 0.321 bits per heavy atom. The van der Waals surface area contributed by atoms with Crippen molar-refractivity contribution in [2.24, 2.45) is 45.3 Å². The maximum absolute atomic E-state index is 14.3. The van der Waals surface area contributed by atoms with Crippen LogP contribution in [-0.2, 0) is 38.1 Å². The first-order valence-electron chi connectivity index (χ1n) is 30.3. The second-order valence-electron chi connectivity index (χ2n) is 26.8. The number of rotatable bonds is 0. The normalized spacial score (nSPS) is 30.3. The van der Waals surface area contributed by atoms with E-state index in [9.17, 15) is 19.2 Å². The molecule has 8 aliphatic rings. The van der Waals surface area contributed by atoms with Crippen LogP contribution in [0, 0.1) is 45.3 Å². The van der Waals surface area contributed by atoms with Gasteiger partial charge in [-0.2, -0.15) is 0 Å². The van der Waals surface area contributed by atoms with Crippen LogP contribution in [0.15, 0.2) is 24.3 Å². The SMILES string of the molecule is CC1(C)C2C(=O)OCCCCCCCCCCCOC(=O)C3C(c4c5nc(c(c6nc(c7c8ccc([nH]8)c(c8ccc4[nH]8)C4C(C(=O)OCCCCCCCCCCCOC(=O)C8C7C8(C)C)C4(C)C)C=C6)C21)C=C5)C3(C)C. The number of cyclic esters (lactones) is 4. The molecule has 4 saturated carbocycles. The monoisotopic (exact) mass is 1060 g/mol. The van der Waals surface area contributed by atoms with E-state index in [0.29, 0.717) is 26.4 Å². The highest BCUT2D eigenvalue weighted by atomic mass is 16.5. The van der Waals surface area contributed by atoms with Crippen LogP contribution in [-0.4, -0.2) is 70.2 Å². The molecule has 12 nitrogen and oxygen atoms in total. The van der Waals surface area contributed by atoms with E-state index in [2.05, 4.69) is 114 Å². The number of esters is 4. The fourth-order valence-electron chi connectivity index (χ4n) is 15.0. The molecule has 418 valence electrons. The van der Waals surface area contributed by atoms with Gasteiger partial charge in [0.05, 0.1) is 72.9 Å². The van der Waals surface area contributed by atoms with E-state index in [1.807, 2.05) is 0 Å². The van der Waals surface area contributed by atoms with Crippen molar-refractivity contribution in [2.45, 2.75) is 195 Å². The summed E-state index contributed by atoms with van der Waals surface area (Å²) in [7, 11) is 0. The van der Waals surface area contributed by atoms with Crippen LogP contribution < -0.4 is 0 Å². The molecule has 78 heavy (non-hydrogen) atoms. The first kappa shape index (κ1) is 54.4. The van der Waals surface area contributed by atoms with Gasteiger partial charge in [-0.05, 0) is 95.9 Å². The Balaban J connectivity index is 1.13. The van der Waals surface area contributed by atoms with E-state index < -0.39 is 39.4 Å². The fraction of sp³-hybridized carbons (Fsp3) is 0.636. The summed E-state index contributed by atoms with van der Waals surface area (Å²) in [4.78, 5) is 76.3. The molecular formula is C66H86N4O8. The standard InChI is InChI=1S/C66H86N4O8/c1-63(2)51-47-39-27-28-40(67-39)48(52-56(64(52,3)4)60(72)76-36-24-20-16-12-9-11-15-19-23-35-75-59(71)55(51)63)45-33-34-46(70-45)50-42-30-29-41(68-42)49(44-32-31-43(47)69-44)53-57(65(53,5)6)61(73)77-37-25-21-17-13-10-14-18-22-26-38-78-62(74)58-54(50)66(58,7)8/h27-34,51-58,67,69H,9-26,35-38H2,1-8H3. The molecule has 3 aromatic rings. The van der Waals surface area contributed by atoms with Gasteiger partial charge in [-0.25, -0.2) is 9.97 Å². The highest BCUT2D eigenvalue weighted by molar-refractivity contribution is 5.91. The minimum Gasteiger partial charge on any atom is -0.465 e. The minimum absolute atomic E-state index is 0.170. The lowest BCUT2D eigenvalue weighted by Gasteiger charge is -2.09. The van der Waals surface area contributed by atoms with Crippen LogP contribution in [0.3, 0.4) is 0 Å². The smallest absolute Gasteiger partial charge is 0.310 e. The van der Waals surface area contributed by atoms with Crippen molar-refractivity contribution in [2.75, 3.05) is 26.4 Å². The molecule has 0 aromatic carbocycles. The average Bonchev–Trinajstić information content (AvgIpc) is 4.25. The molecular weight excluding hydrogens is 977 g/mol. The maximum Gasteiger partial charge on any atom is 0.310 e. The summed E-state index contributed by atoms with van der Waals surface area (Å²) in [6.07, 6.45) is 27.1. The Morgan fingerprint density at radius 2 is 0.538 bits per heavy atom. The van der Waals surface area contributed by atoms with Crippen molar-refractivity contribution in [3.05, 3.63) is 69.3 Å². The van der Waals surface area contributed by atoms with Crippen molar-refractivity contribution in [1.82, 2.24) is 19.9 Å². The number of carbonyl (C=O) groups excluding carboxylic acids is 4. The summed E-state index contributed by atoms with van der Waals surface area (Å²) in [5.41, 5.74) is 8.28. The van der Waals surface area contributed by atoms with Gasteiger partial charge in [0.15, 0.2) is 0 Å². The summed E-state index contributed by atoms with van der Waals surface area (Å²) < 4.78 is 24.5. The molecule has 4 aliphatic carbocycles. The zero-order valence-electron chi connectivity index (χ0n) is 48.0. The van der Waals surface area contributed by atoms with E-state index in [4.69, 9.17) is 28.9 Å². The summed E-state index contributed by atoms with van der Waals surface area (Å²) in [5.74, 6) is -3.19. The summed E-state index contributed by atoms with van der Waals surface area (Å²) >= 11 is 0. The zero-order valence-corrected chi connectivity index (χ0v) is 48.0. The lowest BCUT2D eigenvalue weighted by atomic mass is 10.00. The summed E-state index contributed by atoms with van der Waals surface area (Å²) in [5, 5.41) is 0. The Kier molecular flexibility index (Phi) is 15.0. The van der Waals surface area contributed by atoms with Crippen LogP contribution in [0.4, 0.5) is 0 Å². The first-order chi connectivity index (χ1) is 37.5. The van der Waals surface area contributed by atoms with Gasteiger partial charge >= 0.3 is 23.9 Å². The number of nitrogens with zero attached hydrogens (tertiary/aromatic N) is 2. The Bertz CT molecular complexity index is 3020. The quantitative estimate of drug-likeness (QED) is 0.113. The number of carbonyl (C=O) groups is 4. The van der Waals surface area contributed by atoms with Gasteiger partial charge in [0, 0.05) is 68.0 Å². The topological polar surface area (TPSA) is 163 Å².